The highest BCUT2D eigenvalue weighted by molar-refractivity contribution is 5.95. The summed E-state index contributed by atoms with van der Waals surface area (Å²) in [7, 11) is 1.48. The van der Waals surface area contributed by atoms with E-state index in [-0.39, 0.29) is 18.1 Å². The van der Waals surface area contributed by atoms with Crippen LogP contribution in [0, 0.1) is 0 Å². The minimum Gasteiger partial charge on any atom is -0.369 e. The number of alkyl halides is 3. The lowest BCUT2D eigenvalue weighted by molar-refractivity contribution is -0.138. The number of hydrogen-bond donors (Lipinski definition) is 1. The Morgan fingerprint density at radius 2 is 1.59 bits per heavy atom. The second-order valence-corrected chi connectivity index (χ2v) is 7.82. The van der Waals surface area contributed by atoms with Gasteiger partial charge in [-0.3, -0.25) is 14.5 Å². The van der Waals surface area contributed by atoms with Gasteiger partial charge in [0.1, 0.15) is 0 Å². The third-order valence-corrected chi connectivity index (χ3v) is 5.60. The van der Waals surface area contributed by atoms with Gasteiger partial charge in [0.05, 0.1) is 23.8 Å². The molecule has 2 aromatic rings. The van der Waals surface area contributed by atoms with Crippen LogP contribution in [-0.4, -0.2) is 67.4 Å². The van der Waals surface area contributed by atoms with Gasteiger partial charge in [-0.1, -0.05) is 30.3 Å². The van der Waals surface area contributed by atoms with Crippen LogP contribution >= 0.6 is 0 Å². The Bertz CT molecular complexity index is 928. The molecule has 0 unspecified atom stereocenters. The van der Waals surface area contributed by atoms with Gasteiger partial charge in [-0.05, 0) is 31.2 Å². The highest BCUT2D eigenvalue weighted by Gasteiger charge is 2.34. The van der Waals surface area contributed by atoms with E-state index in [4.69, 9.17) is 0 Å². The standard InChI is InChI=1S/C23H27F3N4O2/c1-17(29-12-14-30(15-13-29)18-8-4-3-5-9-18)22(32)28(2)16-21(31)27-20-11-7-6-10-19(20)23(24,25)26/h3-11,17H,12-16H2,1-2H3,(H,27,31)/t17-/m0/s1. The van der Waals surface area contributed by atoms with E-state index in [0.717, 1.165) is 24.8 Å². The third kappa shape index (κ3) is 5.79. The van der Waals surface area contributed by atoms with Gasteiger partial charge in [-0.25, -0.2) is 0 Å². The topological polar surface area (TPSA) is 55.9 Å². The van der Waals surface area contributed by atoms with Crippen molar-refractivity contribution in [2.75, 3.05) is 50.0 Å². The molecule has 0 radical (unpaired) electrons. The average Bonchev–Trinajstić information content (AvgIpc) is 2.78. The van der Waals surface area contributed by atoms with Gasteiger partial charge < -0.3 is 15.1 Å². The summed E-state index contributed by atoms with van der Waals surface area (Å²) in [6.07, 6.45) is -4.58. The summed E-state index contributed by atoms with van der Waals surface area (Å²) in [5.74, 6) is -0.934. The summed E-state index contributed by atoms with van der Waals surface area (Å²) >= 11 is 0. The van der Waals surface area contributed by atoms with E-state index in [1.807, 2.05) is 30.3 Å². The molecule has 1 atom stereocenters. The van der Waals surface area contributed by atoms with E-state index in [0.29, 0.717) is 13.1 Å². The fourth-order valence-corrected chi connectivity index (χ4v) is 3.80. The first-order valence-corrected chi connectivity index (χ1v) is 10.4. The van der Waals surface area contributed by atoms with Crippen molar-refractivity contribution in [3.05, 3.63) is 60.2 Å². The maximum absolute atomic E-state index is 13.1. The first-order chi connectivity index (χ1) is 15.2. The molecule has 172 valence electrons. The Labute approximate surface area is 185 Å². The number of carbonyl (C=O) groups excluding carboxylic acids is 2. The van der Waals surface area contributed by atoms with Crippen molar-refractivity contribution in [3.63, 3.8) is 0 Å². The number of anilines is 2. The molecular weight excluding hydrogens is 421 g/mol. The Kier molecular flexibility index (Phi) is 7.40. The van der Waals surface area contributed by atoms with Crippen molar-refractivity contribution in [2.45, 2.75) is 19.1 Å². The Balaban J connectivity index is 1.53. The average molecular weight is 448 g/mol. The summed E-state index contributed by atoms with van der Waals surface area (Å²) in [6.45, 7) is 4.40. The van der Waals surface area contributed by atoms with E-state index in [2.05, 4.69) is 15.1 Å². The fourth-order valence-electron chi connectivity index (χ4n) is 3.80. The van der Waals surface area contributed by atoms with Crippen LogP contribution in [-0.2, 0) is 15.8 Å². The Morgan fingerprint density at radius 1 is 1.00 bits per heavy atom. The van der Waals surface area contributed by atoms with Crippen LogP contribution in [0.4, 0.5) is 24.5 Å². The van der Waals surface area contributed by atoms with Crippen LogP contribution < -0.4 is 10.2 Å². The highest BCUT2D eigenvalue weighted by Crippen LogP contribution is 2.34. The number of hydrogen-bond acceptors (Lipinski definition) is 4. The van der Waals surface area contributed by atoms with Crippen LogP contribution in [0.25, 0.3) is 0 Å². The highest BCUT2D eigenvalue weighted by atomic mass is 19.4. The Hall–Kier alpha value is -3.07. The second-order valence-electron chi connectivity index (χ2n) is 7.82. The first-order valence-electron chi connectivity index (χ1n) is 10.4. The minimum atomic E-state index is -4.58. The van der Waals surface area contributed by atoms with E-state index in [1.165, 1.54) is 30.1 Å². The van der Waals surface area contributed by atoms with E-state index in [9.17, 15) is 22.8 Å². The summed E-state index contributed by atoms with van der Waals surface area (Å²) < 4.78 is 39.3. The lowest BCUT2D eigenvalue weighted by Crippen LogP contribution is -2.54. The van der Waals surface area contributed by atoms with Gasteiger partial charge in [0.2, 0.25) is 11.8 Å². The van der Waals surface area contributed by atoms with Gasteiger partial charge in [0, 0.05) is 38.9 Å². The monoisotopic (exact) mass is 448 g/mol. The molecule has 32 heavy (non-hydrogen) atoms. The normalized spacial score (nSPS) is 15.8. The molecule has 1 fully saturated rings. The number of amides is 2. The van der Waals surface area contributed by atoms with Gasteiger partial charge >= 0.3 is 6.18 Å². The summed E-state index contributed by atoms with van der Waals surface area (Å²) in [4.78, 5) is 30.7. The number of nitrogens with zero attached hydrogens (tertiary/aromatic N) is 3. The second kappa shape index (κ2) is 10.0. The van der Waals surface area contributed by atoms with Crippen molar-refractivity contribution in [2.24, 2.45) is 0 Å². The zero-order valence-corrected chi connectivity index (χ0v) is 18.1. The molecule has 0 aromatic heterocycles. The van der Waals surface area contributed by atoms with Crippen molar-refractivity contribution in [1.82, 2.24) is 9.80 Å². The lowest BCUT2D eigenvalue weighted by atomic mass is 10.1. The number of carbonyl (C=O) groups is 2. The third-order valence-electron chi connectivity index (χ3n) is 5.60. The number of piperazine rings is 1. The van der Waals surface area contributed by atoms with Crippen LogP contribution in [0.5, 0.6) is 0 Å². The smallest absolute Gasteiger partial charge is 0.369 e. The molecule has 1 aliphatic rings. The van der Waals surface area contributed by atoms with Crippen molar-refractivity contribution in [3.8, 4) is 0 Å². The Morgan fingerprint density at radius 3 is 2.22 bits per heavy atom. The molecule has 0 aliphatic carbocycles. The molecule has 6 nitrogen and oxygen atoms in total. The lowest BCUT2D eigenvalue weighted by Gasteiger charge is -2.39. The molecule has 2 amide bonds. The number of halogens is 3. The van der Waals surface area contributed by atoms with Gasteiger partial charge in [-0.15, -0.1) is 0 Å². The largest absolute Gasteiger partial charge is 0.418 e. The van der Waals surface area contributed by atoms with Crippen LogP contribution in [0.15, 0.2) is 54.6 Å². The van der Waals surface area contributed by atoms with Crippen molar-refractivity contribution >= 4 is 23.2 Å². The minimum absolute atomic E-state index is 0.252. The number of rotatable bonds is 6. The molecule has 1 heterocycles. The van der Waals surface area contributed by atoms with Crippen LogP contribution in [0.1, 0.15) is 12.5 Å². The predicted molar refractivity (Wildman–Crippen MR) is 117 cm³/mol. The van der Waals surface area contributed by atoms with E-state index >= 15 is 0 Å². The zero-order chi connectivity index (χ0) is 23.3. The molecular formula is C23H27F3N4O2. The maximum atomic E-state index is 13.1. The summed E-state index contributed by atoms with van der Waals surface area (Å²) in [6, 6.07) is 14.4. The molecule has 0 spiro atoms. The number of para-hydroxylation sites is 2. The fraction of sp³-hybridized carbons (Fsp3) is 0.391. The molecule has 1 aliphatic heterocycles. The number of benzene rings is 2. The molecule has 2 aromatic carbocycles. The van der Waals surface area contributed by atoms with Crippen LogP contribution in [0.2, 0.25) is 0 Å². The first kappa shape index (κ1) is 23.6. The van der Waals surface area contributed by atoms with Gasteiger partial charge in [0.25, 0.3) is 0 Å². The molecule has 1 N–H and O–H groups in total. The van der Waals surface area contributed by atoms with E-state index < -0.39 is 23.7 Å². The van der Waals surface area contributed by atoms with Gasteiger partial charge in [0.15, 0.2) is 0 Å². The zero-order valence-electron chi connectivity index (χ0n) is 18.1. The van der Waals surface area contributed by atoms with Crippen molar-refractivity contribution < 1.29 is 22.8 Å². The predicted octanol–water partition coefficient (Wildman–Crippen LogP) is 3.31. The van der Waals surface area contributed by atoms with Crippen molar-refractivity contribution in [1.29, 1.82) is 0 Å². The quantitative estimate of drug-likeness (QED) is 0.737. The molecule has 1 saturated heterocycles. The summed E-state index contributed by atoms with van der Waals surface area (Å²) in [5, 5.41) is 2.27. The summed E-state index contributed by atoms with van der Waals surface area (Å²) in [5.41, 5.74) is -0.109. The maximum Gasteiger partial charge on any atom is 0.418 e. The molecule has 9 heteroatoms. The van der Waals surface area contributed by atoms with E-state index in [1.54, 1.807) is 6.92 Å². The van der Waals surface area contributed by atoms with Crippen LogP contribution in [0.3, 0.4) is 0 Å². The SMILES string of the molecule is C[C@@H](C(=O)N(C)CC(=O)Nc1ccccc1C(F)(F)F)N1CCN(c2ccccc2)CC1. The molecule has 0 saturated carbocycles. The number of likely N-dealkylation sites (N-methyl/N-ethyl adjacent to an activating group) is 1. The van der Waals surface area contributed by atoms with Gasteiger partial charge in [-0.2, -0.15) is 13.2 Å². The molecule has 0 bridgehead atoms. The molecule has 3 rings (SSSR count). The number of nitrogens with one attached hydrogen (secondary N) is 1.